The molecule has 0 bridgehead atoms. The SMILES string of the molecule is COC(=O)Cc1c(C)nn(-c2ccc(F)cc2)c1C. The zero-order valence-corrected chi connectivity index (χ0v) is 11.1. The van der Waals surface area contributed by atoms with Crippen LogP contribution in [-0.2, 0) is 16.0 Å². The summed E-state index contributed by atoms with van der Waals surface area (Å²) >= 11 is 0. The zero-order chi connectivity index (χ0) is 14.0. The minimum Gasteiger partial charge on any atom is -0.469 e. The lowest BCUT2D eigenvalue weighted by Crippen LogP contribution is -2.06. The van der Waals surface area contributed by atoms with Gasteiger partial charge in [-0.2, -0.15) is 5.10 Å². The minimum atomic E-state index is -0.301. The highest BCUT2D eigenvalue weighted by Gasteiger charge is 2.16. The molecule has 19 heavy (non-hydrogen) atoms. The van der Waals surface area contributed by atoms with Crippen LogP contribution in [0.3, 0.4) is 0 Å². The first-order valence-electron chi connectivity index (χ1n) is 5.90. The van der Waals surface area contributed by atoms with Crippen LogP contribution in [0.2, 0.25) is 0 Å². The van der Waals surface area contributed by atoms with Crippen LogP contribution in [0.25, 0.3) is 5.69 Å². The van der Waals surface area contributed by atoms with E-state index in [-0.39, 0.29) is 18.2 Å². The number of nitrogens with zero attached hydrogens (tertiary/aromatic N) is 2. The number of rotatable bonds is 3. The molecule has 0 unspecified atom stereocenters. The fraction of sp³-hybridized carbons (Fsp3) is 0.286. The molecular formula is C14H15FN2O2. The minimum absolute atomic E-state index is 0.190. The summed E-state index contributed by atoms with van der Waals surface area (Å²) in [6.07, 6.45) is 0.190. The Labute approximate surface area is 110 Å². The summed E-state index contributed by atoms with van der Waals surface area (Å²) in [4.78, 5) is 11.4. The predicted molar refractivity (Wildman–Crippen MR) is 68.7 cm³/mol. The van der Waals surface area contributed by atoms with Crippen molar-refractivity contribution in [2.24, 2.45) is 0 Å². The molecule has 1 aromatic heterocycles. The number of halogens is 1. The average Bonchev–Trinajstić information content (AvgIpc) is 2.67. The van der Waals surface area contributed by atoms with Crippen molar-refractivity contribution in [1.82, 2.24) is 9.78 Å². The molecule has 0 radical (unpaired) electrons. The van der Waals surface area contributed by atoms with Gasteiger partial charge < -0.3 is 4.74 Å². The van der Waals surface area contributed by atoms with E-state index in [1.165, 1.54) is 19.2 Å². The van der Waals surface area contributed by atoms with Gasteiger partial charge >= 0.3 is 5.97 Å². The van der Waals surface area contributed by atoms with Crippen LogP contribution in [0.4, 0.5) is 4.39 Å². The van der Waals surface area contributed by atoms with Gasteiger partial charge in [0.05, 0.1) is 24.9 Å². The fourth-order valence-corrected chi connectivity index (χ4v) is 1.98. The van der Waals surface area contributed by atoms with Crippen molar-refractivity contribution < 1.29 is 13.9 Å². The third-order valence-corrected chi connectivity index (χ3v) is 3.06. The van der Waals surface area contributed by atoms with Gasteiger partial charge in [-0.25, -0.2) is 9.07 Å². The molecule has 0 spiro atoms. The van der Waals surface area contributed by atoms with E-state index in [9.17, 15) is 9.18 Å². The second kappa shape index (κ2) is 5.22. The van der Waals surface area contributed by atoms with E-state index in [1.54, 1.807) is 16.8 Å². The van der Waals surface area contributed by atoms with Gasteiger partial charge in [-0.15, -0.1) is 0 Å². The molecule has 0 amide bonds. The van der Waals surface area contributed by atoms with Crippen LogP contribution in [0.5, 0.6) is 0 Å². The number of esters is 1. The molecule has 0 aliphatic rings. The first-order chi connectivity index (χ1) is 9.02. The van der Waals surface area contributed by atoms with Gasteiger partial charge in [0.1, 0.15) is 5.82 Å². The summed E-state index contributed by atoms with van der Waals surface area (Å²) in [6, 6.07) is 6.06. The number of ether oxygens (including phenoxy) is 1. The molecule has 1 heterocycles. The number of carbonyl (C=O) groups is 1. The summed E-state index contributed by atoms with van der Waals surface area (Å²) in [5.74, 6) is -0.593. The van der Waals surface area contributed by atoms with Gasteiger partial charge in [0.15, 0.2) is 0 Å². The lowest BCUT2D eigenvalue weighted by molar-refractivity contribution is -0.139. The molecule has 2 rings (SSSR count). The van der Waals surface area contributed by atoms with Crippen molar-refractivity contribution >= 4 is 5.97 Å². The Hall–Kier alpha value is -2.17. The Morgan fingerprint density at radius 2 is 1.95 bits per heavy atom. The standard InChI is InChI=1S/C14H15FN2O2/c1-9-13(8-14(18)19-3)10(2)17(16-9)12-6-4-11(15)5-7-12/h4-7H,8H2,1-3H3. The number of carbonyl (C=O) groups excluding carboxylic acids is 1. The Bertz CT molecular complexity index is 603. The van der Waals surface area contributed by atoms with Crippen LogP contribution >= 0.6 is 0 Å². The molecule has 0 N–H and O–H groups in total. The predicted octanol–water partition coefficient (Wildman–Crippen LogP) is 2.34. The highest BCUT2D eigenvalue weighted by atomic mass is 19.1. The van der Waals surface area contributed by atoms with E-state index < -0.39 is 0 Å². The van der Waals surface area contributed by atoms with Crippen molar-refractivity contribution in [3.05, 3.63) is 47.0 Å². The Morgan fingerprint density at radius 1 is 1.32 bits per heavy atom. The molecule has 1 aromatic carbocycles. The third-order valence-electron chi connectivity index (χ3n) is 3.06. The van der Waals surface area contributed by atoms with Crippen LogP contribution in [0, 0.1) is 19.7 Å². The molecule has 0 aliphatic heterocycles. The zero-order valence-electron chi connectivity index (χ0n) is 11.1. The quantitative estimate of drug-likeness (QED) is 0.797. The largest absolute Gasteiger partial charge is 0.469 e. The van der Waals surface area contributed by atoms with Crippen molar-refractivity contribution in [1.29, 1.82) is 0 Å². The number of methoxy groups -OCH3 is 1. The average molecular weight is 262 g/mol. The smallest absolute Gasteiger partial charge is 0.310 e. The van der Waals surface area contributed by atoms with Crippen LogP contribution in [0.15, 0.2) is 24.3 Å². The van der Waals surface area contributed by atoms with Crippen molar-refractivity contribution in [3.63, 3.8) is 0 Å². The van der Waals surface area contributed by atoms with E-state index in [1.807, 2.05) is 13.8 Å². The first kappa shape index (κ1) is 13.3. The van der Waals surface area contributed by atoms with Gasteiger partial charge in [-0.1, -0.05) is 0 Å². The molecule has 0 fully saturated rings. The second-order valence-electron chi connectivity index (χ2n) is 4.29. The Balaban J connectivity index is 2.40. The van der Waals surface area contributed by atoms with E-state index in [2.05, 4.69) is 9.84 Å². The summed E-state index contributed by atoms with van der Waals surface area (Å²) in [5.41, 5.74) is 3.23. The lowest BCUT2D eigenvalue weighted by atomic mass is 10.1. The van der Waals surface area contributed by atoms with Crippen molar-refractivity contribution in [2.75, 3.05) is 7.11 Å². The van der Waals surface area contributed by atoms with Crippen LogP contribution in [0.1, 0.15) is 17.0 Å². The van der Waals surface area contributed by atoms with Gasteiger partial charge in [0.25, 0.3) is 0 Å². The maximum absolute atomic E-state index is 12.9. The summed E-state index contributed by atoms with van der Waals surface area (Å²) in [6.45, 7) is 3.72. The molecule has 0 saturated carbocycles. The molecule has 0 aliphatic carbocycles. The number of aryl methyl sites for hydroxylation is 1. The van der Waals surface area contributed by atoms with Gasteiger partial charge in [0.2, 0.25) is 0 Å². The number of aromatic nitrogens is 2. The molecule has 100 valence electrons. The van der Waals surface area contributed by atoms with Gasteiger partial charge in [-0.05, 0) is 38.1 Å². The summed E-state index contributed by atoms with van der Waals surface area (Å²) < 4.78 is 19.3. The van der Waals surface area contributed by atoms with Gasteiger partial charge in [-0.3, -0.25) is 4.79 Å². The number of hydrogen-bond acceptors (Lipinski definition) is 3. The molecule has 0 saturated heterocycles. The van der Waals surface area contributed by atoms with Crippen LogP contribution < -0.4 is 0 Å². The second-order valence-corrected chi connectivity index (χ2v) is 4.29. The summed E-state index contributed by atoms with van der Waals surface area (Å²) in [5, 5.41) is 4.38. The molecular weight excluding hydrogens is 247 g/mol. The molecule has 2 aromatic rings. The monoisotopic (exact) mass is 262 g/mol. The van der Waals surface area contributed by atoms with Crippen molar-refractivity contribution in [3.8, 4) is 5.69 Å². The lowest BCUT2D eigenvalue weighted by Gasteiger charge is -2.05. The van der Waals surface area contributed by atoms with Crippen molar-refractivity contribution in [2.45, 2.75) is 20.3 Å². The van der Waals surface area contributed by atoms with E-state index in [0.29, 0.717) is 0 Å². The fourth-order valence-electron chi connectivity index (χ4n) is 1.98. The van der Waals surface area contributed by atoms with Gasteiger partial charge in [0, 0.05) is 11.3 Å². The normalized spacial score (nSPS) is 10.5. The molecule has 0 atom stereocenters. The Morgan fingerprint density at radius 3 is 2.53 bits per heavy atom. The molecule has 4 nitrogen and oxygen atoms in total. The number of hydrogen-bond donors (Lipinski definition) is 0. The maximum Gasteiger partial charge on any atom is 0.310 e. The highest BCUT2D eigenvalue weighted by molar-refractivity contribution is 5.73. The maximum atomic E-state index is 12.9. The van der Waals surface area contributed by atoms with E-state index in [4.69, 9.17) is 0 Å². The van der Waals surface area contributed by atoms with Crippen LogP contribution in [-0.4, -0.2) is 22.9 Å². The third kappa shape index (κ3) is 2.65. The highest BCUT2D eigenvalue weighted by Crippen LogP contribution is 2.19. The van der Waals surface area contributed by atoms with E-state index in [0.717, 1.165) is 22.6 Å². The first-order valence-corrected chi connectivity index (χ1v) is 5.90. The van der Waals surface area contributed by atoms with E-state index >= 15 is 0 Å². The summed E-state index contributed by atoms with van der Waals surface area (Å²) in [7, 11) is 1.36. The molecule has 5 heteroatoms. The topological polar surface area (TPSA) is 44.1 Å². The number of benzene rings is 1. The Kier molecular flexibility index (Phi) is 3.64.